The van der Waals surface area contributed by atoms with Crippen molar-refractivity contribution in [2.75, 3.05) is 0 Å². The van der Waals surface area contributed by atoms with E-state index in [0.29, 0.717) is 5.92 Å². The van der Waals surface area contributed by atoms with Crippen LogP contribution < -0.4 is 4.74 Å². The van der Waals surface area contributed by atoms with Gasteiger partial charge >= 0.3 is 0 Å². The van der Waals surface area contributed by atoms with E-state index >= 15 is 0 Å². The van der Waals surface area contributed by atoms with Crippen molar-refractivity contribution in [1.82, 2.24) is 19.3 Å². The molecule has 8 aromatic rings. The third-order valence-electron chi connectivity index (χ3n) is 10.6. The maximum atomic E-state index is 6.88. The molecule has 0 saturated carbocycles. The lowest BCUT2D eigenvalue weighted by Gasteiger charge is -2.22. The number of fused-ring (bicyclic) bond motifs is 3. The molecule has 5 nitrogen and oxygen atoms in total. The highest BCUT2D eigenvalue weighted by Gasteiger charge is 2.25. The Morgan fingerprint density at radius 2 is 1.35 bits per heavy atom. The molecule has 5 aromatic carbocycles. The van der Waals surface area contributed by atoms with Crippen molar-refractivity contribution in [3.63, 3.8) is 0 Å². The molecule has 8 rings (SSSR count). The van der Waals surface area contributed by atoms with E-state index in [1.54, 1.807) is 0 Å². The Morgan fingerprint density at radius 1 is 0.648 bits per heavy atom. The van der Waals surface area contributed by atoms with Gasteiger partial charge in [0.25, 0.3) is 0 Å². The first-order valence-electron chi connectivity index (χ1n) is 18.9. The van der Waals surface area contributed by atoms with Crippen LogP contribution >= 0.6 is 0 Å². The van der Waals surface area contributed by atoms with Crippen LogP contribution in [0.25, 0.3) is 55.7 Å². The van der Waals surface area contributed by atoms with Gasteiger partial charge in [-0.3, -0.25) is 4.57 Å². The van der Waals surface area contributed by atoms with Gasteiger partial charge in [-0.05, 0) is 109 Å². The summed E-state index contributed by atoms with van der Waals surface area (Å²) in [6.45, 7) is 19.9. The molecule has 0 fully saturated rings. The smallest absolute Gasteiger partial charge is 0.137 e. The van der Waals surface area contributed by atoms with E-state index in [0.717, 1.165) is 67.5 Å². The Hall–Kier alpha value is -5.94. The number of pyridine rings is 1. The van der Waals surface area contributed by atoms with Gasteiger partial charge in [-0.15, -0.1) is 0 Å². The molecule has 0 saturated heterocycles. The van der Waals surface area contributed by atoms with Crippen molar-refractivity contribution in [3.8, 4) is 45.4 Å². The maximum Gasteiger partial charge on any atom is 0.137 e. The van der Waals surface area contributed by atoms with Crippen molar-refractivity contribution in [3.05, 3.63) is 155 Å². The molecule has 3 aromatic heterocycles. The lowest BCUT2D eigenvalue weighted by Crippen LogP contribution is -2.12. The predicted octanol–water partition coefficient (Wildman–Crippen LogP) is 13.1. The minimum absolute atomic E-state index is 0.139. The summed E-state index contributed by atoms with van der Waals surface area (Å²) in [4.78, 5) is 4.85. The number of aromatic nitrogens is 4. The monoisotopic (exact) mass is 708 g/mol. The molecule has 0 spiro atoms. The van der Waals surface area contributed by atoms with Crippen LogP contribution in [0.5, 0.6) is 11.5 Å². The summed E-state index contributed by atoms with van der Waals surface area (Å²) < 4.78 is 11.3. The Morgan fingerprint density at radius 3 is 2.07 bits per heavy atom. The third-order valence-corrected chi connectivity index (χ3v) is 10.6. The fourth-order valence-corrected chi connectivity index (χ4v) is 7.96. The summed E-state index contributed by atoms with van der Waals surface area (Å²) in [6, 6.07) is 41.0. The molecular formula is C49H48N4O. The molecule has 5 heteroatoms. The summed E-state index contributed by atoms with van der Waals surface area (Å²) in [5.74, 6) is 2.81. The van der Waals surface area contributed by atoms with Crippen LogP contribution in [0.4, 0.5) is 0 Å². The molecule has 54 heavy (non-hydrogen) atoms. The molecule has 0 amide bonds. The van der Waals surface area contributed by atoms with Gasteiger partial charge in [0, 0.05) is 40.2 Å². The summed E-state index contributed by atoms with van der Waals surface area (Å²) in [7, 11) is 0. The van der Waals surface area contributed by atoms with E-state index in [9.17, 15) is 0 Å². The van der Waals surface area contributed by atoms with Gasteiger partial charge in [0.15, 0.2) is 0 Å². The lowest BCUT2D eigenvalue weighted by molar-refractivity contribution is 0.478. The second-order valence-corrected chi connectivity index (χ2v) is 16.1. The highest BCUT2D eigenvalue weighted by molar-refractivity contribution is 6.09. The van der Waals surface area contributed by atoms with Crippen LogP contribution in [-0.4, -0.2) is 19.3 Å². The average molecular weight is 709 g/mol. The van der Waals surface area contributed by atoms with Crippen LogP contribution in [0.15, 0.2) is 121 Å². The van der Waals surface area contributed by atoms with Gasteiger partial charge in [0.2, 0.25) is 0 Å². The number of nitrogens with zero attached hydrogens (tertiary/aromatic N) is 4. The van der Waals surface area contributed by atoms with Gasteiger partial charge in [-0.1, -0.05) is 101 Å². The molecule has 3 heterocycles. The molecule has 0 aliphatic heterocycles. The molecule has 0 bridgehead atoms. The van der Waals surface area contributed by atoms with Gasteiger partial charge in [-0.25, -0.2) is 9.67 Å². The van der Waals surface area contributed by atoms with Gasteiger partial charge < -0.3 is 4.74 Å². The second-order valence-electron chi connectivity index (χ2n) is 16.1. The Labute approximate surface area is 318 Å². The third kappa shape index (κ3) is 6.28. The highest BCUT2D eigenvalue weighted by atomic mass is 16.5. The van der Waals surface area contributed by atoms with E-state index in [1.165, 1.54) is 33.2 Å². The largest absolute Gasteiger partial charge is 0.457 e. The van der Waals surface area contributed by atoms with Gasteiger partial charge in [0.1, 0.15) is 17.3 Å². The molecule has 0 aliphatic carbocycles. The normalized spacial score (nSPS) is 12.0. The minimum atomic E-state index is -0.139. The number of ether oxygens (including phenoxy) is 1. The first-order valence-corrected chi connectivity index (χ1v) is 18.9. The number of aryl methyl sites for hydroxylation is 4. The maximum absolute atomic E-state index is 6.88. The van der Waals surface area contributed by atoms with E-state index in [1.807, 2.05) is 6.20 Å². The fraction of sp³-hybridized carbons (Fsp3) is 0.224. The molecule has 0 unspecified atom stereocenters. The van der Waals surface area contributed by atoms with Crippen LogP contribution in [0.3, 0.4) is 0 Å². The second kappa shape index (κ2) is 13.5. The molecule has 0 radical (unpaired) electrons. The van der Waals surface area contributed by atoms with Gasteiger partial charge in [0.05, 0.1) is 28.1 Å². The van der Waals surface area contributed by atoms with Crippen LogP contribution in [0, 0.1) is 27.7 Å². The van der Waals surface area contributed by atoms with Gasteiger partial charge in [-0.2, -0.15) is 5.10 Å². The van der Waals surface area contributed by atoms with Crippen molar-refractivity contribution < 1.29 is 4.74 Å². The van der Waals surface area contributed by atoms with E-state index in [2.05, 4.69) is 187 Å². The zero-order valence-corrected chi connectivity index (χ0v) is 32.8. The van der Waals surface area contributed by atoms with Crippen LogP contribution in [0.1, 0.15) is 74.0 Å². The van der Waals surface area contributed by atoms with Crippen LogP contribution in [-0.2, 0) is 5.41 Å². The first kappa shape index (κ1) is 35.1. The standard InChI is InChI=1S/C49H48N4O/c1-30(2)36-21-22-50-45(25-36)52-43-18-14-13-17-41(43)42-20-19-39(29-44(42)52)54-40-27-37(49(7,8)9)26-38(28-40)53-48(35-15-11-10-12-16-35)47(34(6)51-53)46-32(4)23-31(3)24-33(46)5/h10-30H,1-9H3. The van der Waals surface area contributed by atoms with Crippen molar-refractivity contribution in [2.24, 2.45) is 0 Å². The van der Waals surface area contributed by atoms with Crippen LogP contribution in [0.2, 0.25) is 0 Å². The topological polar surface area (TPSA) is 44.9 Å². The zero-order valence-electron chi connectivity index (χ0n) is 32.8. The summed E-state index contributed by atoms with van der Waals surface area (Å²) in [5, 5.41) is 7.64. The summed E-state index contributed by atoms with van der Waals surface area (Å²) >= 11 is 0. The van der Waals surface area contributed by atoms with Crippen molar-refractivity contribution >= 4 is 21.8 Å². The number of hydrogen-bond donors (Lipinski definition) is 0. The lowest BCUT2D eigenvalue weighted by atomic mass is 9.86. The Bertz CT molecular complexity index is 2660. The Kier molecular flexibility index (Phi) is 8.76. The number of para-hydroxylation sites is 1. The SMILES string of the molecule is Cc1cc(C)c(-c2c(C)nn(-c3cc(Oc4ccc5c6ccccc6n(-c6cc(C(C)C)ccn6)c5c4)cc(C(C)(C)C)c3)c2-c2ccccc2)c(C)c1. The van der Waals surface area contributed by atoms with Crippen molar-refractivity contribution in [1.29, 1.82) is 0 Å². The highest BCUT2D eigenvalue weighted by Crippen LogP contribution is 2.42. The quantitative estimate of drug-likeness (QED) is 0.166. The molecule has 0 atom stereocenters. The molecule has 270 valence electrons. The molecule has 0 aliphatic rings. The van der Waals surface area contributed by atoms with E-state index < -0.39 is 0 Å². The van der Waals surface area contributed by atoms with E-state index in [-0.39, 0.29) is 5.41 Å². The number of benzene rings is 5. The summed E-state index contributed by atoms with van der Waals surface area (Å²) in [5.41, 5.74) is 14.7. The molecular weight excluding hydrogens is 661 g/mol. The fourth-order valence-electron chi connectivity index (χ4n) is 7.96. The zero-order chi connectivity index (χ0) is 37.9. The predicted molar refractivity (Wildman–Crippen MR) is 225 cm³/mol. The first-order chi connectivity index (χ1) is 25.9. The average Bonchev–Trinajstić information content (AvgIpc) is 3.65. The van der Waals surface area contributed by atoms with E-state index in [4.69, 9.17) is 14.8 Å². The summed E-state index contributed by atoms with van der Waals surface area (Å²) in [6.07, 6.45) is 1.92. The van der Waals surface area contributed by atoms with Crippen molar-refractivity contribution in [2.45, 2.75) is 73.6 Å². The number of hydrogen-bond acceptors (Lipinski definition) is 3. The minimum Gasteiger partial charge on any atom is -0.457 e. The Balaban J connectivity index is 1.30. The number of rotatable bonds is 7. The molecule has 0 N–H and O–H groups in total.